The van der Waals surface area contributed by atoms with Crippen LogP contribution in [-0.4, -0.2) is 71.7 Å². The number of hydrogen-bond acceptors (Lipinski definition) is 10. The van der Waals surface area contributed by atoms with Gasteiger partial charge in [-0.25, -0.2) is 4.57 Å². The van der Waals surface area contributed by atoms with Gasteiger partial charge in [-0.1, -0.05) is 133 Å². The molecule has 12 heteroatoms. The third-order valence-corrected chi connectivity index (χ3v) is 9.16. The van der Waals surface area contributed by atoms with E-state index in [2.05, 4.69) is 44.2 Å². The largest absolute Gasteiger partial charge is 0.472 e. The third kappa shape index (κ3) is 33.7. The van der Waals surface area contributed by atoms with E-state index in [-0.39, 0.29) is 51.9 Å². The van der Waals surface area contributed by atoms with Crippen molar-refractivity contribution < 1.29 is 47.8 Å². The van der Waals surface area contributed by atoms with Gasteiger partial charge in [-0.3, -0.25) is 18.6 Å². The van der Waals surface area contributed by atoms with Crippen LogP contribution in [-0.2, 0) is 32.7 Å². The van der Waals surface area contributed by atoms with E-state index in [1.807, 2.05) is 18.2 Å². The van der Waals surface area contributed by atoms with E-state index in [4.69, 9.17) is 24.3 Å². The van der Waals surface area contributed by atoms with Crippen LogP contribution in [0.4, 0.5) is 0 Å². The van der Waals surface area contributed by atoms with Gasteiger partial charge >= 0.3 is 19.8 Å². The second kappa shape index (κ2) is 35.9. The van der Waals surface area contributed by atoms with Crippen LogP contribution in [0.2, 0.25) is 0 Å². The minimum Gasteiger partial charge on any atom is -0.462 e. The first-order valence-electron chi connectivity index (χ1n) is 19.8. The maximum atomic E-state index is 12.6. The molecule has 52 heavy (non-hydrogen) atoms. The van der Waals surface area contributed by atoms with Gasteiger partial charge in [-0.05, 0) is 51.4 Å². The third-order valence-electron chi connectivity index (χ3n) is 8.18. The number of unbranched alkanes of at least 4 members (excludes halogenated alkanes) is 11. The number of esters is 2. The highest BCUT2D eigenvalue weighted by Crippen LogP contribution is 2.43. The van der Waals surface area contributed by atoms with Crippen LogP contribution < -0.4 is 5.73 Å². The summed E-state index contributed by atoms with van der Waals surface area (Å²) >= 11 is 0. The number of allylic oxidation sites excluding steroid dienone is 7. The summed E-state index contributed by atoms with van der Waals surface area (Å²) in [5.74, 6) is -1.12. The molecule has 0 radical (unpaired) electrons. The Labute approximate surface area is 314 Å². The molecule has 0 aromatic carbocycles. The van der Waals surface area contributed by atoms with Crippen LogP contribution >= 0.6 is 7.82 Å². The first-order chi connectivity index (χ1) is 25.1. The van der Waals surface area contributed by atoms with Gasteiger partial charge in [0.05, 0.1) is 25.4 Å². The minimum absolute atomic E-state index is 0.00700. The van der Waals surface area contributed by atoms with Crippen molar-refractivity contribution in [2.45, 2.75) is 167 Å². The molecule has 11 nitrogen and oxygen atoms in total. The molecule has 0 fully saturated rings. The zero-order chi connectivity index (χ0) is 38.5. The summed E-state index contributed by atoms with van der Waals surface area (Å²) in [4.78, 5) is 34.8. The number of phosphoric ester groups is 1. The van der Waals surface area contributed by atoms with Gasteiger partial charge in [0, 0.05) is 19.4 Å². The molecule has 4 atom stereocenters. The molecule has 0 aromatic heterocycles. The lowest BCUT2D eigenvalue weighted by Gasteiger charge is -2.20. The summed E-state index contributed by atoms with van der Waals surface area (Å²) in [6, 6.07) is 0. The van der Waals surface area contributed by atoms with Crippen molar-refractivity contribution in [1.29, 1.82) is 0 Å². The van der Waals surface area contributed by atoms with Gasteiger partial charge in [0.25, 0.3) is 0 Å². The van der Waals surface area contributed by atoms with Gasteiger partial charge in [-0.2, -0.15) is 0 Å². The molecule has 0 spiro atoms. The number of carbonyl (C=O) groups is 2. The van der Waals surface area contributed by atoms with Crippen molar-refractivity contribution in [1.82, 2.24) is 0 Å². The van der Waals surface area contributed by atoms with E-state index in [0.29, 0.717) is 6.42 Å². The Morgan fingerprint density at radius 1 is 0.654 bits per heavy atom. The van der Waals surface area contributed by atoms with Crippen molar-refractivity contribution in [2.75, 3.05) is 26.4 Å². The van der Waals surface area contributed by atoms with Gasteiger partial charge in [-0.15, -0.1) is 0 Å². The lowest BCUT2D eigenvalue weighted by Crippen LogP contribution is -2.30. The molecule has 0 aromatic rings. The van der Waals surface area contributed by atoms with E-state index in [1.54, 1.807) is 0 Å². The van der Waals surface area contributed by atoms with Crippen LogP contribution in [0.3, 0.4) is 0 Å². The molecule has 0 aliphatic carbocycles. The maximum absolute atomic E-state index is 12.6. The fraction of sp³-hybridized carbons (Fsp3) is 0.750. The maximum Gasteiger partial charge on any atom is 0.472 e. The highest BCUT2D eigenvalue weighted by molar-refractivity contribution is 7.47. The normalized spacial score (nSPS) is 15.1. The molecule has 1 unspecified atom stereocenters. The summed E-state index contributed by atoms with van der Waals surface area (Å²) in [6.07, 6.45) is 31.8. The van der Waals surface area contributed by atoms with Crippen LogP contribution in [0.15, 0.2) is 48.6 Å². The van der Waals surface area contributed by atoms with E-state index in [0.717, 1.165) is 44.9 Å². The summed E-state index contributed by atoms with van der Waals surface area (Å²) in [7, 11) is -4.45. The average Bonchev–Trinajstić information content (AvgIpc) is 3.12. The number of aliphatic hydroxyl groups is 2. The van der Waals surface area contributed by atoms with E-state index < -0.39 is 44.7 Å². The molecule has 0 amide bonds. The molecule has 0 saturated heterocycles. The second-order valence-corrected chi connectivity index (χ2v) is 14.5. The fourth-order valence-electron chi connectivity index (χ4n) is 5.13. The molecule has 5 N–H and O–H groups in total. The molecule has 0 aliphatic heterocycles. The number of phosphoric acid groups is 1. The molecule has 0 saturated carbocycles. The zero-order valence-corrected chi connectivity index (χ0v) is 33.1. The average molecular weight is 758 g/mol. The highest BCUT2D eigenvalue weighted by atomic mass is 31.2. The fourth-order valence-corrected chi connectivity index (χ4v) is 5.90. The van der Waals surface area contributed by atoms with Gasteiger partial charge in [0.1, 0.15) is 6.61 Å². The van der Waals surface area contributed by atoms with Crippen LogP contribution in [0.25, 0.3) is 0 Å². The van der Waals surface area contributed by atoms with E-state index >= 15 is 0 Å². The topological polar surface area (TPSA) is 175 Å². The standard InChI is InChI=1S/C40H72NO10P/c1-3-5-7-9-11-13-15-17-19-21-23-25-28-37(42)38(43)29-27-31-40(45)51-36(35-50-52(46,47)49-33-32-41)34-48-39(44)30-26-24-22-20-18-16-14-12-10-8-6-4-2/h5,7,11,13,17,19,23,25,36-38,42-43H,3-4,6,8-10,12,14-16,18,20-22,24,26-35,41H2,1-2H3,(H,46,47)/b7-5-,13-11-,19-17-,25-23-/t36-,37-,38-/m1/s1. The van der Waals surface area contributed by atoms with Gasteiger partial charge in [0.15, 0.2) is 6.10 Å². The Morgan fingerprint density at radius 2 is 1.17 bits per heavy atom. The van der Waals surface area contributed by atoms with E-state index in [9.17, 15) is 29.3 Å². The quantitative estimate of drug-likeness (QED) is 0.0208. The Bertz CT molecular complexity index is 1030. The molecule has 0 heterocycles. The van der Waals surface area contributed by atoms with Crippen molar-refractivity contribution in [3.05, 3.63) is 48.6 Å². The first-order valence-corrected chi connectivity index (χ1v) is 21.3. The zero-order valence-electron chi connectivity index (χ0n) is 32.3. The Hall–Kier alpha value is -2.11. The van der Waals surface area contributed by atoms with Crippen LogP contribution in [0.5, 0.6) is 0 Å². The monoisotopic (exact) mass is 757 g/mol. The first kappa shape index (κ1) is 49.9. The number of ether oxygens (including phenoxy) is 2. The number of aliphatic hydroxyl groups excluding tert-OH is 2. The minimum atomic E-state index is -4.45. The van der Waals surface area contributed by atoms with E-state index in [1.165, 1.54) is 51.4 Å². The number of carbonyl (C=O) groups excluding carboxylic acids is 2. The smallest absolute Gasteiger partial charge is 0.462 e. The molecule has 302 valence electrons. The van der Waals surface area contributed by atoms with Crippen LogP contribution in [0, 0.1) is 0 Å². The Balaban J connectivity index is 4.48. The van der Waals surface area contributed by atoms with Gasteiger partial charge < -0.3 is 30.3 Å². The molecule has 0 rings (SSSR count). The molecular weight excluding hydrogens is 685 g/mol. The molecule has 0 bridgehead atoms. The van der Waals surface area contributed by atoms with Crippen LogP contribution in [0.1, 0.15) is 149 Å². The lowest BCUT2D eigenvalue weighted by molar-refractivity contribution is -0.161. The summed E-state index contributed by atoms with van der Waals surface area (Å²) in [5.41, 5.74) is 5.32. The Kier molecular flexibility index (Phi) is 34.4. The second-order valence-electron chi connectivity index (χ2n) is 13.1. The molecule has 0 aliphatic rings. The number of hydrogen-bond donors (Lipinski definition) is 4. The van der Waals surface area contributed by atoms with Crippen molar-refractivity contribution in [3.63, 3.8) is 0 Å². The van der Waals surface area contributed by atoms with Gasteiger partial charge in [0.2, 0.25) is 0 Å². The SMILES string of the molecule is CC/C=C\C/C=C\C/C=C\C/C=C\C[C@@H](O)[C@H](O)CCCC(=O)O[C@H](COC(=O)CCCCCCCCCCCCCC)COP(=O)(O)OCCN. The summed E-state index contributed by atoms with van der Waals surface area (Å²) < 4.78 is 32.5. The highest BCUT2D eigenvalue weighted by Gasteiger charge is 2.26. The number of rotatable bonds is 36. The lowest BCUT2D eigenvalue weighted by atomic mass is 10.0. The predicted molar refractivity (Wildman–Crippen MR) is 209 cm³/mol. The Morgan fingerprint density at radius 3 is 1.73 bits per heavy atom. The van der Waals surface area contributed by atoms with Crippen molar-refractivity contribution in [2.24, 2.45) is 5.73 Å². The van der Waals surface area contributed by atoms with Crippen molar-refractivity contribution in [3.8, 4) is 0 Å². The summed E-state index contributed by atoms with van der Waals surface area (Å²) in [6.45, 7) is 3.25. The predicted octanol–water partition coefficient (Wildman–Crippen LogP) is 8.71. The number of nitrogens with two attached hydrogens (primary N) is 1. The summed E-state index contributed by atoms with van der Waals surface area (Å²) in [5, 5.41) is 20.6. The van der Waals surface area contributed by atoms with Crippen molar-refractivity contribution >= 4 is 19.8 Å². The molecular formula is C40H72NO10P.